The Morgan fingerprint density at radius 1 is 1.00 bits per heavy atom. The van der Waals surface area contributed by atoms with Crippen molar-refractivity contribution in [3.8, 4) is 0 Å². The molecular formula is C26H30N2O3S. The number of sulfonamides is 1. The minimum absolute atomic E-state index is 0.0727. The molecule has 1 unspecified atom stereocenters. The van der Waals surface area contributed by atoms with Gasteiger partial charge in [-0.3, -0.25) is 4.79 Å². The molecule has 1 N–H and O–H groups in total. The fraction of sp³-hybridized carbons (Fsp3) is 0.346. The number of hydrogen-bond acceptors (Lipinski definition) is 3. The summed E-state index contributed by atoms with van der Waals surface area (Å²) in [6.07, 6.45) is 1.20. The topological polar surface area (TPSA) is 66.5 Å². The largest absolute Gasteiger partial charge is 0.351 e. The van der Waals surface area contributed by atoms with Crippen LogP contribution in [0.4, 0.5) is 0 Å². The van der Waals surface area contributed by atoms with Crippen LogP contribution in [0.1, 0.15) is 44.7 Å². The SMILES string of the molecule is CC(C)(C)c1ccc(CNC(=O)C2CCCN2S(=O)(=O)c2ccc3ccccc3c2)cc1. The fourth-order valence-corrected chi connectivity index (χ4v) is 5.88. The third-order valence-corrected chi connectivity index (χ3v) is 8.02. The van der Waals surface area contributed by atoms with Gasteiger partial charge in [-0.1, -0.05) is 75.4 Å². The number of nitrogens with zero attached hydrogens (tertiary/aromatic N) is 1. The molecule has 168 valence electrons. The quantitative estimate of drug-likeness (QED) is 0.617. The van der Waals surface area contributed by atoms with Crippen LogP contribution in [0.25, 0.3) is 10.8 Å². The summed E-state index contributed by atoms with van der Waals surface area (Å²) < 4.78 is 28.0. The van der Waals surface area contributed by atoms with Crippen molar-refractivity contribution in [2.45, 2.75) is 56.5 Å². The van der Waals surface area contributed by atoms with Crippen LogP contribution in [0, 0.1) is 0 Å². The van der Waals surface area contributed by atoms with Crippen molar-refractivity contribution in [3.63, 3.8) is 0 Å². The number of fused-ring (bicyclic) bond motifs is 1. The molecule has 1 atom stereocenters. The van der Waals surface area contributed by atoms with Crippen LogP contribution in [-0.4, -0.2) is 31.2 Å². The van der Waals surface area contributed by atoms with Crippen LogP contribution < -0.4 is 5.32 Å². The molecule has 0 radical (unpaired) electrons. The van der Waals surface area contributed by atoms with E-state index in [2.05, 4.69) is 38.2 Å². The molecule has 4 rings (SSSR count). The molecule has 1 amide bonds. The molecule has 3 aromatic carbocycles. The molecule has 1 fully saturated rings. The molecule has 6 heteroatoms. The standard InChI is InChI=1S/C26H30N2O3S/c1-26(2,3)22-13-10-19(11-14-22)18-27-25(29)24-9-6-16-28(24)32(30,31)23-15-12-20-7-4-5-8-21(20)17-23/h4-5,7-8,10-15,17,24H,6,9,16,18H2,1-3H3,(H,27,29). The summed E-state index contributed by atoms with van der Waals surface area (Å²) >= 11 is 0. The molecule has 1 heterocycles. The first-order valence-corrected chi connectivity index (χ1v) is 12.5. The monoisotopic (exact) mass is 450 g/mol. The van der Waals surface area contributed by atoms with Crippen LogP contribution in [0.15, 0.2) is 71.6 Å². The van der Waals surface area contributed by atoms with E-state index in [9.17, 15) is 13.2 Å². The lowest BCUT2D eigenvalue weighted by Gasteiger charge is -2.24. The lowest BCUT2D eigenvalue weighted by molar-refractivity contribution is -0.124. The van der Waals surface area contributed by atoms with Gasteiger partial charge in [-0.15, -0.1) is 0 Å². The molecular weight excluding hydrogens is 420 g/mol. The van der Waals surface area contributed by atoms with Crippen molar-refractivity contribution in [1.29, 1.82) is 0 Å². The highest BCUT2D eigenvalue weighted by molar-refractivity contribution is 7.89. The zero-order valence-electron chi connectivity index (χ0n) is 18.8. The number of amides is 1. The molecule has 0 saturated carbocycles. The predicted octanol–water partition coefficient (Wildman–Crippen LogP) is 4.61. The average Bonchev–Trinajstić information content (AvgIpc) is 3.28. The van der Waals surface area contributed by atoms with Crippen LogP contribution in [0.2, 0.25) is 0 Å². The first kappa shape index (κ1) is 22.5. The zero-order valence-corrected chi connectivity index (χ0v) is 19.7. The Bertz CT molecular complexity index is 1230. The maximum Gasteiger partial charge on any atom is 0.243 e. The average molecular weight is 451 g/mol. The maximum absolute atomic E-state index is 13.3. The van der Waals surface area contributed by atoms with Gasteiger partial charge in [0.1, 0.15) is 6.04 Å². The number of rotatable bonds is 5. The first-order chi connectivity index (χ1) is 15.2. The van der Waals surface area contributed by atoms with Gasteiger partial charge < -0.3 is 5.32 Å². The van der Waals surface area contributed by atoms with Crippen molar-refractivity contribution in [3.05, 3.63) is 77.9 Å². The molecule has 1 saturated heterocycles. The molecule has 0 aromatic heterocycles. The van der Waals surface area contributed by atoms with Gasteiger partial charge in [-0.25, -0.2) is 8.42 Å². The van der Waals surface area contributed by atoms with Gasteiger partial charge in [-0.05, 0) is 52.3 Å². The number of nitrogens with one attached hydrogen (secondary N) is 1. The van der Waals surface area contributed by atoms with E-state index < -0.39 is 16.1 Å². The lowest BCUT2D eigenvalue weighted by Crippen LogP contribution is -2.45. The molecule has 32 heavy (non-hydrogen) atoms. The van der Waals surface area contributed by atoms with E-state index in [4.69, 9.17) is 0 Å². The van der Waals surface area contributed by atoms with Gasteiger partial charge in [0.25, 0.3) is 0 Å². The van der Waals surface area contributed by atoms with Crippen molar-refractivity contribution in [2.75, 3.05) is 6.54 Å². The first-order valence-electron chi connectivity index (χ1n) is 11.0. The molecule has 5 nitrogen and oxygen atoms in total. The summed E-state index contributed by atoms with van der Waals surface area (Å²) in [5, 5.41) is 4.79. The summed E-state index contributed by atoms with van der Waals surface area (Å²) in [5.74, 6) is -0.244. The Labute approximate surface area is 190 Å². The van der Waals surface area contributed by atoms with E-state index in [1.54, 1.807) is 12.1 Å². The third kappa shape index (κ3) is 4.57. The predicted molar refractivity (Wildman–Crippen MR) is 128 cm³/mol. The summed E-state index contributed by atoms with van der Waals surface area (Å²) in [5.41, 5.74) is 2.30. The Morgan fingerprint density at radius 2 is 1.69 bits per heavy atom. The summed E-state index contributed by atoms with van der Waals surface area (Å²) in [4.78, 5) is 13.2. The molecule has 0 spiro atoms. The highest BCUT2D eigenvalue weighted by atomic mass is 32.2. The molecule has 0 bridgehead atoms. The number of carbonyl (C=O) groups is 1. The van der Waals surface area contributed by atoms with Crippen LogP contribution in [0.5, 0.6) is 0 Å². The van der Waals surface area contributed by atoms with E-state index in [0.717, 1.165) is 16.3 Å². The van der Waals surface area contributed by atoms with Gasteiger partial charge >= 0.3 is 0 Å². The van der Waals surface area contributed by atoms with Crippen molar-refractivity contribution >= 4 is 26.7 Å². The minimum atomic E-state index is -3.76. The zero-order chi connectivity index (χ0) is 22.9. The Morgan fingerprint density at radius 3 is 2.38 bits per heavy atom. The van der Waals surface area contributed by atoms with Gasteiger partial charge in [0.15, 0.2) is 0 Å². The second-order valence-electron chi connectivity index (χ2n) is 9.45. The second-order valence-corrected chi connectivity index (χ2v) is 11.3. The van der Waals surface area contributed by atoms with Crippen molar-refractivity contribution in [1.82, 2.24) is 9.62 Å². The Hall–Kier alpha value is -2.70. The van der Waals surface area contributed by atoms with Crippen LogP contribution >= 0.6 is 0 Å². The Balaban J connectivity index is 1.47. The normalized spacial score (nSPS) is 17.5. The Kier molecular flexibility index (Phi) is 6.10. The highest BCUT2D eigenvalue weighted by Gasteiger charge is 2.39. The van der Waals surface area contributed by atoms with E-state index in [1.807, 2.05) is 42.5 Å². The molecule has 3 aromatic rings. The van der Waals surface area contributed by atoms with Crippen LogP contribution in [-0.2, 0) is 26.8 Å². The smallest absolute Gasteiger partial charge is 0.243 e. The van der Waals surface area contributed by atoms with Gasteiger partial charge in [0.05, 0.1) is 4.90 Å². The van der Waals surface area contributed by atoms with Crippen molar-refractivity contribution in [2.24, 2.45) is 0 Å². The van der Waals surface area contributed by atoms with Gasteiger partial charge in [-0.2, -0.15) is 4.31 Å². The van der Waals surface area contributed by atoms with Crippen molar-refractivity contribution < 1.29 is 13.2 Å². The van der Waals surface area contributed by atoms with E-state index in [1.165, 1.54) is 9.87 Å². The second kappa shape index (κ2) is 8.68. The summed E-state index contributed by atoms with van der Waals surface area (Å²) in [6.45, 7) is 7.22. The van der Waals surface area contributed by atoms with E-state index in [-0.39, 0.29) is 16.2 Å². The van der Waals surface area contributed by atoms with E-state index >= 15 is 0 Å². The van der Waals surface area contributed by atoms with E-state index in [0.29, 0.717) is 25.9 Å². The highest BCUT2D eigenvalue weighted by Crippen LogP contribution is 2.28. The number of benzene rings is 3. The summed E-state index contributed by atoms with van der Waals surface area (Å²) in [6, 6.07) is 20.3. The number of hydrogen-bond donors (Lipinski definition) is 1. The number of carbonyl (C=O) groups excluding carboxylic acids is 1. The van der Waals surface area contributed by atoms with Gasteiger partial charge in [0, 0.05) is 13.1 Å². The molecule has 1 aliphatic heterocycles. The fourth-order valence-electron chi connectivity index (χ4n) is 4.18. The maximum atomic E-state index is 13.3. The third-order valence-electron chi connectivity index (χ3n) is 6.12. The summed E-state index contributed by atoms with van der Waals surface area (Å²) in [7, 11) is -3.76. The lowest BCUT2D eigenvalue weighted by atomic mass is 9.87. The molecule has 1 aliphatic rings. The van der Waals surface area contributed by atoms with Crippen LogP contribution in [0.3, 0.4) is 0 Å². The van der Waals surface area contributed by atoms with Gasteiger partial charge in [0.2, 0.25) is 15.9 Å². The molecule has 0 aliphatic carbocycles. The minimum Gasteiger partial charge on any atom is -0.351 e.